The summed E-state index contributed by atoms with van der Waals surface area (Å²) >= 11 is 1.87. The van der Waals surface area contributed by atoms with E-state index in [1.54, 1.807) is 0 Å². The number of hydrogen-bond donors (Lipinski definition) is 1. The van der Waals surface area contributed by atoms with E-state index in [-0.39, 0.29) is 11.9 Å². The van der Waals surface area contributed by atoms with E-state index in [1.165, 1.54) is 0 Å². The molecular weight excluding hydrogens is 236 g/mol. The van der Waals surface area contributed by atoms with Crippen LogP contribution < -0.4 is 5.32 Å². The number of likely N-dealkylation sites (N-methyl/N-ethyl adjacent to an activating group) is 1. The van der Waals surface area contributed by atoms with Crippen molar-refractivity contribution < 1.29 is 9.53 Å². The summed E-state index contributed by atoms with van der Waals surface area (Å²) in [6.45, 7) is 6.34. The first-order chi connectivity index (χ1) is 8.31. The lowest BCUT2D eigenvalue weighted by Gasteiger charge is -2.30. The standard InChI is InChI=1S/C12H22N2O2S/c1-2-14(7-10-3-5-16-8-10)12(15)11-9-17-6-4-13-11/h10-11,13H,2-9H2,1H3. The van der Waals surface area contributed by atoms with Crippen molar-refractivity contribution >= 4 is 17.7 Å². The topological polar surface area (TPSA) is 41.6 Å². The second kappa shape index (κ2) is 6.61. The molecule has 2 aliphatic rings. The molecule has 2 saturated heterocycles. The molecule has 2 aliphatic heterocycles. The van der Waals surface area contributed by atoms with Crippen molar-refractivity contribution in [3.05, 3.63) is 0 Å². The monoisotopic (exact) mass is 258 g/mol. The van der Waals surface area contributed by atoms with Gasteiger partial charge in [-0.05, 0) is 13.3 Å². The quantitative estimate of drug-likeness (QED) is 0.801. The zero-order valence-corrected chi connectivity index (χ0v) is 11.3. The molecule has 0 saturated carbocycles. The van der Waals surface area contributed by atoms with E-state index in [0.717, 1.165) is 50.8 Å². The van der Waals surface area contributed by atoms with Crippen molar-refractivity contribution in [3.63, 3.8) is 0 Å². The molecule has 0 aromatic rings. The molecule has 4 nitrogen and oxygen atoms in total. The molecule has 2 rings (SSSR count). The van der Waals surface area contributed by atoms with Crippen molar-refractivity contribution in [3.8, 4) is 0 Å². The summed E-state index contributed by atoms with van der Waals surface area (Å²) in [5.74, 6) is 2.84. The van der Waals surface area contributed by atoms with E-state index < -0.39 is 0 Å². The van der Waals surface area contributed by atoms with E-state index >= 15 is 0 Å². The van der Waals surface area contributed by atoms with Crippen LogP contribution in [-0.2, 0) is 9.53 Å². The van der Waals surface area contributed by atoms with Crippen molar-refractivity contribution in [1.29, 1.82) is 0 Å². The van der Waals surface area contributed by atoms with Crippen molar-refractivity contribution in [2.24, 2.45) is 5.92 Å². The van der Waals surface area contributed by atoms with Gasteiger partial charge in [-0.15, -0.1) is 0 Å². The summed E-state index contributed by atoms with van der Waals surface area (Å²) in [6.07, 6.45) is 1.09. The number of carbonyl (C=O) groups excluding carboxylic acids is 1. The Labute approximate surface area is 107 Å². The van der Waals surface area contributed by atoms with Crippen LogP contribution in [0.15, 0.2) is 0 Å². The molecule has 17 heavy (non-hydrogen) atoms. The number of nitrogens with zero attached hydrogens (tertiary/aromatic N) is 1. The molecular formula is C12H22N2O2S. The highest BCUT2D eigenvalue weighted by molar-refractivity contribution is 7.99. The highest BCUT2D eigenvalue weighted by atomic mass is 32.2. The van der Waals surface area contributed by atoms with Gasteiger partial charge < -0.3 is 15.0 Å². The first kappa shape index (κ1) is 13.2. The number of amides is 1. The Morgan fingerprint density at radius 1 is 1.59 bits per heavy atom. The SMILES string of the molecule is CCN(CC1CCOC1)C(=O)C1CSCCN1. The number of thioether (sulfide) groups is 1. The van der Waals surface area contributed by atoms with Gasteiger partial charge in [-0.1, -0.05) is 0 Å². The zero-order valence-electron chi connectivity index (χ0n) is 10.5. The van der Waals surface area contributed by atoms with Crippen LogP contribution in [0.25, 0.3) is 0 Å². The summed E-state index contributed by atoms with van der Waals surface area (Å²) in [4.78, 5) is 14.3. The first-order valence-electron chi connectivity index (χ1n) is 6.49. The van der Waals surface area contributed by atoms with Gasteiger partial charge in [0.2, 0.25) is 5.91 Å². The molecule has 0 spiro atoms. The average molecular weight is 258 g/mol. The Bertz CT molecular complexity index is 251. The molecule has 98 valence electrons. The Morgan fingerprint density at radius 3 is 3.06 bits per heavy atom. The maximum Gasteiger partial charge on any atom is 0.240 e. The summed E-state index contributed by atoms with van der Waals surface area (Å²) in [5.41, 5.74) is 0. The fraction of sp³-hybridized carbons (Fsp3) is 0.917. The van der Waals surface area contributed by atoms with Gasteiger partial charge in [0.1, 0.15) is 0 Å². The van der Waals surface area contributed by atoms with Gasteiger partial charge in [-0.3, -0.25) is 4.79 Å². The minimum absolute atomic E-state index is 0.0241. The molecule has 2 atom stereocenters. The number of rotatable bonds is 4. The largest absolute Gasteiger partial charge is 0.381 e. The molecule has 0 aromatic carbocycles. The number of ether oxygens (including phenoxy) is 1. The Hall–Kier alpha value is -0.260. The smallest absolute Gasteiger partial charge is 0.240 e. The number of carbonyl (C=O) groups is 1. The zero-order chi connectivity index (χ0) is 12.1. The van der Waals surface area contributed by atoms with Crippen LogP contribution in [0.1, 0.15) is 13.3 Å². The molecule has 2 fully saturated rings. The van der Waals surface area contributed by atoms with Crippen molar-refractivity contribution in [1.82, 2.24) is 10.2 Å². The molecule has 0 bridgehead atoms. The summed E-state index contributed by atoms with van der Waals surface area (Å²) < 4.78 is 5.37. The molecule has 0 aromatic heterocycles. The first-order valence-corrected chi connectivity index (χ1v) is 7.64. The van der Waals surface area contributed by atoms with Crippen LogP contribution in [0.3, 0.4) is 0 Å². The fourth-order valence-electron chi connectivity index (χ4n) is 2.36. The van der Waals surface area contributed by atoms with Crippen molar-refractivity contribution in [2.45, 2.75) is 19.4 Å². The van der Waals surface area contributed by atoms with E-state index in [9.17, 15) is 4.79 Å². The lowest BCUT2D eigenvalue weighted by atomic mass is 10.1. The predicted octanol–water partition coefficient (Wildman–Crippen LogP) is 0.576. The van der Waals surface area contributed by atoms with Crippen LogP contribution in [-0.4, -0.2) is 61.2 Å². The third-order valence-corrected chi connectivity index (χ3v) is 4.48. The summed E-state index contributed by atoms with van der Waals surface area (Å²) in [5, 5.41) is 3.32. The molecule has 5 heteroatoms. The molecule has 1 amide bonds. The minimum atomic E-state index is 0.0241. The van der Waals surface area contributed by atoms with E-state index in [1.807, 2.05) is 16.7 Å². The van der Waals surface area contributed by atoms with Crippen LogP contribution in [0.5, 0.6) is 0 Å². The van der Waals surface area contributed by atoms with Crippen LogP contribution in [0.4, 0.5) is 0 Å². The van der Waals surface area contributed by atoms with Crippen LogP contribution in [0, 0.1) is 5.92 Å². The van der Waals surface area contributed by atoms with Crippen LogP contribution >= 0.6 is 11.8 Å². The van der Waals surface area contributed by atoms with Gasteiger partial charge in [0.05, 0.1) is 12.6 Å². The van der Waals surface area contributed by atoms with Gasteiger partial charge in [0.15, 0.2) is 0 Å². The van der Waals surface area contributed by atoms with E-state index in [4.69, 9.17) is 4.74 Å². The van der Waals surface area contributed by atoms with E-state index in [2.05, 4.69) is 12.2 Å². The summed E-state index contributed by atoms with van der Waals surface area (Å²) in [6, 6.07) is 0.0241. The van der Waals surface area contributed by atoms with Crippen molar-refractivity contribution in [2.75, 3.05) is 44.4 Å². The third-order valence-electron chi connectivity index (χ3n) is 3.42. The van der Waals surface area contributed by atoms with E-state index in [0.29, 0.717) is 5.92 Å². The van der Waals surface area contributed by atoms with Gasteiger partial charge in [0.25, 0.3) is 0 Å². The lowest BCUT2D eigenvalue weighted by molar-refractivity contribution is -0.133. The maximum absolute atomic E-state index is 12.3. The molecule has 2 heterocycles. The number of hydrogen-bond acceptors (Lipinski definition) is 4. The third kappa shape index (κ3) is 3.60. The number of nitrogens with one attached hydrogen (secondary N) is 1. The predicted molar refractivity (Wildman–Crippen MR) is 70.3 cm³/mol. The molecule has 2 unspecified atom stereocenters. The maximum atomic E-state index is 12.3. The van der Waals surface area contributed by atoms with Crippen LogP contribution in [0.2, 0.25) is 0 Å². The lowest BCUT2D eigenvalue weighted by Crippen LogP contribution is -2.51. The summed E-state index contributed by atoms with van der Waals surface area (Å²) in [7, 11) is 0. The average Bonchev–Trinajstić information content (AvgIpc) is 2.89. The normalized spacial score (nSPS) is 29.2. The van der Waals surface area contributed by atoms with Gasteiger partial charge in [-0.25, -0.2) is 0 Å². The van der Waals surface area contributed by atoms with Gasteiger partial charge in [-0.2, -0.15) is 11.8 Å². The Morgan fingerprint density at radius 2 is 2.47 bits per heavy atom. The molecule has 1 N–H and O–H groups in total. The minimum Gasteiger partial charge on any atom is -0.381 e. The highest BCUT2D eigenvalue weighted by Crippen LogP contribution is 2.16. The van der Waals surface area contributed by atoms with Gasteiger partial charge in [0, 0.05) is 43.7 Å². The fourth-order valence-corrected chi connectivity index (χ4v) is 3.28. The second-order valence-electron chi connectivity index (χ2n) is 4.69. The second-order valence-corrected chi connectivity index (χ2v) is 5.84. The molecule has 0 aliphatic carbocycles. The molecule has 0 radical (unpaired) electrons. The Kier molecular flexibility index (Phi) is 5.13. The van der Waals surface area contributed by atoms with Gasteiger partial charge >= 0.3 is 0 Å². The Balaban J connectivity index is 1.84. The highest BCUT2D eigenvalue weighted by Gasteiger charge is 2.27.